The molecular formula is C120H133Cr3N10O2S-3. The van der Waals surface area contributed by atoms with E-state index in [1.807, 2.05) is 221 Å². The Morgan fingerprint density at radius 1 is 0.390 bits per heavy atom. The Hall–Kier alpha value is -13.1. The maximum Gasteiger partial charge on any atom is 2.00 e. The van der Waals surface area contributed by atoms with Gasteiger partial charge in [-0.1, -0.05) is 362 Å². The fraction of sp³-hybridized carbons (Fsp3) is 0.192. The average molecular weight is 1940 g/mol. The summed E-state index contributed by atoms with van der Waals surface area (Å²) in [4.78, 5) is 22.4. The van der Waals surface area contributed by atoms with Crippen molar-refractivity contribution in [1.82, 2.24) is 9.97 Å². The van der Waals surface area contributed by atoms with Gasteiger partial charge in [0.05, 0.1) is 10.6 Å². The molecule has 0 saturated heterocycles. The van der Waals surface area contributed by atoms with Gasteiger partial charge >= 0.3 is 52.1 Å². The van der Waals surface area contributed by atoms with E-state index < -0.39 is 10.0 Å². The van der Waals surface area contributed by atoms with E-state index >= 15 is 0 Å². The Bertz CT molecular complexity index is 6070. The monoisotopic (exact) mass is 1930 g/mol. The first-order valence-electron chi connectivity index (χ1n) is 45.0. The Balaban J connectivity index is 0.000000294. The van der Waals surface area contributed by atoms with Gasteiger partial charge in [-0.25, -0.2) is 8.42 Å². The maximum absolute atomic E-state index is 12.4. The summed E-state index contributed by atoms with van der Waals surface area (Å²) >= 11 is 0. The van der Waals surface area contributed by atoms with Crippen LogP contribution in [0.25, 0.3) is 59.4 Å². The second kappa shape index (κ2) is 58.9. The summed E-state index contributed by atoms with van der Waals surface area (Å²) in [6, 6.07) is 121. The SMILES string of the molecule is CC(C)c1cccc(C(C)C)c1[N-]C(c1cccc(-c2cccc3ccccc23)n1)c1ccccc1-c1ccccc1.CCCCN=Cc1ccccc1[N-]S(=O)(=O)c1ccc(C)cc1.C[N-]c1ccc2ccccc2n1.[CH2-]c1ccccc1C.[CH2-]c1ccccc1C.[CH2-]c1ccccc1N(C)C.[CH2-]c1ccccc1N(C)C.[CH2-]c1ccccc1N(C)C.[CH2-]c1ccccc1N(C)C.[Cr+2].[Cr+2].[Cr+2]. The van der Waals surface area contributed by atoms with Gasteiger partial charge in [-0.3, -0.25) is 9.98 Å². The minimum absolute atomic E-state index is 0. The zero-order valence-corrected chi connectivity index (χ0v) is 86.9. The second-order valence-corrected chi connectivity index (χ2v) is 35.0. The number of aromatic nitrogens is 2. The number of aryl methyl sites for hydroxylation is 3. The van der Waals surface area contributed by atoms with Crippen molar-refractivity contribution in [2.45, 2.75) is 91.0 Å². The third-order valence-electron chi connectivity index (χ3n) is 21.6. The first-order chi connectivity index (χ1) is 63.9. The van der Waals surface area contributed by atoms with Crippen LogP contribution in [-0.4, -0.2) is 94.6 Å². The summed E-state index contributed by atoms with van der Waals surface area (Å²) in [6.45, 7) is 41.1. The molecule has 1 atom stereocenters. The average Bonchev–Trinajstić information content (AvgIpc) is 0.780. The number of hydrogen-bond acceptors (Lipinski definition) is 9. The zero-order chi connectivity index (χ0) is 96.4. The number of rotatable bonds is 20. The van der Waals surface area contributed by atoms with Crippen molar-refractivity contribution >= 4 is 77.9 Å². The van der Waals surface area contributed by atoms with Crippen molar-refractivity contribution in [3.8, 4) is 22.4 Å². The third-order valence-corrected chi connectivity index (χ3v) is 22.9. The molecule has 1 unspecified atom stereocenters. The van der Waals surface area contributed by atoms with Crippen LogP contribution in [0.2, 0.25) is 0 Å². The van der Waals surface area contributed by atoms with Crippen LogP contribution in [0, 0.1) is 62.3 Å². The van der Waals surface area contributed by atoms with E-state index in [9.17, 15) is 8.42 Å². The maximum atomic E-state index is 12.4. The van der Waals surface area contributed by atoms with Crippen LogP contribution in [0.4, 0.5) is 39.9 Å². The van der Waals surface area contributed by atoms with Crippen molar-refractivity contribution in [3.63, 3.8) is 0 Å². The molecule has 2 heterocycles. The van der Waals surface area contributed by atoms with Crippen molar-refractivity contribution in [1.29, 1.82) is 0 Å². The second-order valence-electron chi connectivity index (χ2n) is 33.4. The van der Waals surface area contributed by atoms with Gasteiger partial charge in [0.2, 0.25) is 0 Å². The first kappa shape index (κ1) is 113. The Kier molecular flexibility index (Phi) is 49.2. The molecule has 0 spiro atoms. The number of aliphatic imine (C=N–C) groups is 1. The number of fused-ring (bicyclic) bond motifs is 2. The van der Waals surface area contributed by atoms with Crippen LogP contribution in [0.3, 0.4) is 0 Å². The van der Waals surface area contributed by atoms with Crippen molar-refractivity contribution in [3.05, 3.63) is 499 Å². The molecule has 0 aliphatic carbocycles. The number of benzene rings is 14. The summed E-state index contributed by atoms with van der Waals surface area (Å²) in [5, 5.41) is 13.2. The van der Waals surface area contributed by atoms with Gasteiger partial charge in [-0.15, -0.1) is 59.9 Å². The van der Waals surface area contributed by atoms with Crippen molar-refractivity contribution < 1.29 is 60.5 Å². The molecule has 0 radical (unpaired) electrons. The number of unbranched alkanes of at least 4 members (excludes halogenated alkanes) is 1. The van der Waals surface area contributed by atoms with Gasteiger partial charge in [-0.05, 0) is 156 Å². The summed E-state index contributed by atoms with van der Waals surface area (Å²) in [5.41, 5.74) is 27.1. The fourth-order valence-electron chi connectivity index (χ4n) is 14.1. The van der Waals surface area contributed by atoms with Crippen molar-refractivity contribution in [2.24, 2.45) is 4.99 Å². The van der Waals surface area contributed by atoms with Crippen LogP contribution in [0.5, 0.6) is 0 Å². The number of para-hydroxylation sites is 6. The fourth-order valence-corrected chi connectivity index (χ4v) is 15.1. The zero-order valence-electron chi connectivity index (χ0n) is 82.2. The molecule has 16 rings (SSSR count). The van der Waals surface area contributed by atoms with Gasteiger partial charge < -0.3 is 39.9 Å². The van der Waals surface area contributed by atoms with Crippen LogP contribution in [0.15, 0.2) is 374 Å². The summed E-state index contributed by atoms with van der Waals surface area (Å²) < 4.78 is 28.8. The predicted octanol–water partition coefficient (Wildman–Crippen LogP) is 31.2. The molecule has 0 bridgehead atoms. The Labute approximate surface area is 848 Å². The molecule has 12 nitrogen and oxygen atoms in total. The van der Waals surface area contributed by atoms with Crippen LogP contribution < -0.4 is 19.6 Å². The molecule has 0 aliphatic rings. The van der Waals surface area contributed by atoms with E-state index in [1.165, 1.54) is 66.9 Å². The molecule has 0 amide bonds. The number of anilines is 4. The van der Waals surface area contributed by atoms with Crippen LogP contribution in [-0.2, 0) is 62.1 Å². The number of sulfonamides is 1. The molecule has 702 valence electrons. The molecule has 136 heavy (non-hydrogen) atoms. The largest absolute Gasteiger partial charge is 2.00 e. The smallest absolute Gasteiger partial charge is 0.673 e. The molecule has 0 fully saturated rings. The molecule has 0 saturated carbocycles. The molecule has 2 aromatic heterocycles. The van der Waals surface area contributed by atoms with Gasteiger partial charge in [0.25, 0.3) is 0 Å². The van der Waals surface area contributed by atoms with Crippen LogP contribution >= 0.6 is 0 Å². The topological polar surface area (TPSA) is 128 Å². The predicted molar refractivity (Wildman–Crippen MR) is 577 cm³/mol. The Morgan fingerprint density at radius 2 is 0.794 bits per heavy atom. The molecule has 16 aromatic rings. The van der Waals surface area contributed by atoms with E-state index in [0.717, 1.165) is 103 Å². The molecule has 16 heteroatoms. The third kappa shape index (κ3) is 35.6. The van der Waals surface area contributed by atoms with Crippen molar-refractivity contribution in [2.75, 3.05) is 89.6 Å². The van der Waals surface area contributed by atoms with Gasteiger partial charge in [-0.2, -0.15) is 122 Å². The van der Waals surface area contributed by atoms with E-state index in [-0.39, 0.29) is 63.0 Å². The number of nitrogens with zero attached hydrogens (tertiary/aromatic N) is 10. The molecular weight excluding hydrogens is 1800 g/mol. The quantitative estimate of drug-likeness (QED) is 0.0419. The molecule has 14 aromatic carbocycles. The summed E-state index contributed by atoms with van der Waals surface area (Å²) in [6.07, 6.45) is 3.78. The van der Waals surface area contributed by atoms with E-state index in [1.54, 1.807) is 49.7 Å². The van der Waals surface area contributed by atoms with Gasteiger partial charge in [0.15, 0.2) is 0 Å². The van der Waals surface area contributed by atoms with E-state index in [2.05, 4.69) is 299 Å². The summed E-state index contributed by atoms with van der Waals surface area (Å²) in [7, 11) is 14.2. The van der Waals surface area contributed by atoms with E-state index in [4.69, 9.17) is 10.3 Å². The standard InChI is InChI=1S/C40H37N2.C18H21N2O2S.C10H9N2.4C9H12N.2C8H9.3Cr/c1-27(2)31-22-13-23-32(28(3)4)39(31)42-40(36-21-11-10-20-34(36)29-15-6-5-7-16-29)38-26-14-25-37(41-38)35-24-12-18-30-17-8-9-19-33(30)35;1-3-4-13-19-14-16-7-5-6-8-18(16)20-23(21,22)17-11-9-15(2)10-12-17;1-11-10-7-6-8-4-2-3-5-9(8)12-10;4*1-8-6-4-5-7-9(8)10(2)3;2*1-7-5-3-4-6-8(7)2;;;/h5-28,40H,1-4H3;5-12,14H,3-4,13H2,1-2H3;2-7H,1H3;4*4-7H,1H2,2-3H3;2*3-6H,1H2,2H3;;;/q9*-1;3*+2. The molecule has 0 N–H and O–H groups in total. The minimum Gasteiger partial charge on any atom is -0.673 e. The normalized spacial score (nSPS) is 10.5. The summed E-state index contributed by atoms with van der Waals surface area (Å²) in [5.74, 6) is 1.48. The first-order valence-corrected chi connectivity index (χ1v) is 46.5. The van der Waals surface area contributed by atoms with Crippen LogP contribution in [0.1, 0.15) is 143 Å². The van der Waals surface area contributed by atoms with E-state index in [0.29, 0.717) is 23.1 Å². The molecule has 0 aliphatic heterocycles. The number of pyridine rings is 2. The Morgan fingerprint density at radius 3 is 1.26 bits per heavy atom. The van der Waals surface area contributed by atoms with Gasteiger partial charge in [0, 0.05) is 24.0 Å². The number of hydrogen-bond donors (Lipinski definition) is 0. The minimum atomic E-state index is -3.72. The van der Waals surface area contributed by atoms with Gasteiger partial charge in [0.1, 0.15) is 10.0 Å².